The molecule has 0 N–H and O–H groups in total. The molecule has 3 aromatic rings. The largest absolute Gasteiger partial charge is 0.465 e. The van der Waals surface area contributed by atoms with Crippen molar-refractivity contribution in [3.05, 3.63) is 59.3 Å². The molecule has 2 heterocycles. The predicted octanol–water partition coefficient (Wildman–Crippen LogP) is 4.30. The number of benzene rings is 2. The van der Waals surface area contributed by atoms with Gasteiger partial charge in [-0.2, -0.15) is 5.10 Å². The van der Waals surface area contributed by atoms with Crippen molar-refractivity contribution in [1.29, 1.82) is 0 Å². The quantitative estimate of drug-likeness (QED) is 0.507. The summed E-state index contributed by atoms with van der Waals surface area (Å²) < 4.78 is 12.3. The summed E-state index contributed by atoms with van der Waals surface area (Å²) in [6.07, 6.45) is 3.22. The van der Waals surface area contributed by atoms with Crippen LogP contribution in [0, 0.1) is 6.92 Å². The molecule has 8 heteroatoms. The molecule has 0 spiro atoms. The number of carbonyl (C=O) groups is 2. The SMILES string of the molecule is CCN(c1c(C)c(C(=O)OC)cc2c1cnn2C)C1CCN(C(=O)OCc2ccccc2)CC1. The number of anilines is 1. The Morgan fingerprint density at radius 1 is 1.18 bits per heavy atom. The number of aryl methyl sites for hydroxylation is 1. The summed E-state index contributed by atoms with van der Waals surface area (Å²) in [4.78, 5) is 29.2. The van der Waals surface area contributed by atoms with Crippen LogP contribution in [-0.2, 0) is 23.1 Å². The van der Waals surface area contributed by atoms with Gasteiger partial charge in [-0.1, -0.05) is 30.3 Å². The van der Waals surface area contributed by atoms with Gasteiger partial charge in [0, 0.05) is 38.1 Å². The van der Waals surface area contributed by atoms with Crippen LogP contribution in [0.15, 0.2) is 42.6 Å². The van der Waals surface area contributed by atoms with Gasteiger partial charge in [0.05, 0.1) is 30.1 Å². The van der Waals surface area contributed by atoms with E-state index in [0.717, 1.165) is 47.1 Å². The van der Waals surface area contributed by atoms with Crippen molar-refractivity contribution < 1.29 is 19.1 Å². The molecule has 2 aromatic carbocycles. The van der Waals surface area contributed by atoms with Gasteiger partial charge in [0.25, 0.3) is 0 Å². The Bertz CT molecular complexity index is 1170. The Balaban J connectivity index is 1.51. The number of methoxy groups -OCH3 is 1. The van der Waals surface area contributed by atoms with Crippen LogP contribution < -0.4 is 4.90 Å². The number of aromatic nitrogens is 2. The third kappa shape index (κ3) is 4.58. The molecule has 0 bridgehead atoms. The van der Waals surface area contributed by atoms with Crippen LogP contribution >= 0.6 is 0 Å². The molecule has 34 heavy (non-hydrogen) atoms. The van der Waals surface area contributed by atoms with Gasteiger partial charge in [0.1, 0.15) is 6.61 Å². The first kappa shape index (κ1) is 23.6. The highest BCUT2D eigenvalue weighted by Gasteiger charge is 2.30. The molecule has 1 amide bonds. The van der Waals surface area contributed by atoms with Crippen LogP contribution in [0.25, 0.3) is 10.9 Å². The van der Waals surface area contributed by atoms with Gasteiger partial charge in [-0.3, -0.25) is 4.68 Å². The van der Waals surface area contributed by atoms with Gasteiger partial charge in [0.15, 0.2) is 0 Å². The average molecular weight is 465 g/mol. The number of rotatable bonds is 6. The fraction of sp³-hybridized carbons (Fsp3) is 0.423. The summed E-state index contributed by atoms with van der Waals surface area (Å²) in [5.74, 6) is -0.353. The molecule has 1 fully saturated rings. The van der Waals surface area contributed by atoms with Gasteiger partial charge in [0.2, 0.25) is 0 Å². The lowest BCUT2D eigenvalue weighted by Gasteiger charge is -2.40. The first-order chi connectivity index (χ1) is 16.4. The minimum Gasteiger partial charge on any atom is -0.465 e. The number of hydrogen-bond donors (Lipinski definition) is 0. The second kappa shape index (κ2) is 10.2. The third-order valence-electron chi connectivity index (χ3n) is 6.68. The molecule has 4 rings (SSSR count). The van der Waals surface area contributed by atoms with Crippen LogP contribution in [0.4, 0.5) is 10.5 Å². The van der Waals surface area contributed by atoms with Crippen molar-refractivity contribution in [2.75, 3.05) is 31.6 Å². The second-order valence-corrected chi connectivity index (χ2v) is 8.63. The van der Waals surface area contributed by atoms with E-state index in [4.69, 9.17) is 9.47 Å². The minimum absolute atomic E-state index is 0.234. The number of carbonyl (C=O) groups excluding carboxylic acids is 2. The number of nitrogens with zero attached hydrogens (tertiary/aromatic N) is 4. The molecular formula is C26H32N4O4. The summed E-state index contributed by atoms with van der Waals surface area (Å²) in [6, 6.07) is 11.8. The van der Waals surface area contributed by atoms with Gasteiger partial charge in [-0.15, -0.1) is 0 Å². The van der Waals surface area contributed by atoms with E-state index in [2.05, 4.69) is 16.9 Å². The maximum Gasteiger partial charge on any atom is 0.410 e. The molecule has 1 aliphatic rings. The Morgan fingerprint density at radius 2 is 1.88 bits per heavy atom. The van der Waals surface area contributed by atoms with Crippen molar-refractivity contribution in [2.24, 2.45) is 7.05 Å². The van der Waals surface area contributed by atoms with Crippen molar-refractivity contribution >= 4 is 28.7 Å². The highest BCUT2D eigenvalue weighted by molar-refractivity contribution is 6.03. The average Bonchev–Trinajstić information content (AvgIpc) is 3.24. The van der Waals surface area contributed by atoms with Gasteiger partial charge < -0.3 is 19.3 Å². The molecular weight excluding hydrogens is 432 g/mol. The van der Waals surface area contributed by atoms with Gasteiger partial charge >= 0.3 is 12.1 Å². The Kier molecular flexibility index (Phi) is 7.05. The van der Waals surface area contributed by atoms with E-state index < -0.39 is 0 Å². The lowest BCUT2D eigenvalue weighted by Crippen LogP contribution is -2.47. The number of esters is 1. The number of likely N-dealkylation sites (tertiary alicyclic amines) is 1. The number of piperidine rings is 1. The van der Waals surface area contributed by atoms with Crippen molar-refractivity contribution in [3.8, 4) is 0 Å². The Morgan fingerprint density at radius 3 is 2.53 bits per heavy atom. The topological polar surface area (TPSA) is 76.9 Å². The smallest absolute Gasteiger partial charge is 0.410 e. The first-order valence-corrected chi connectivity index (χ1v) is 11.7. The van der Waals surface area contributed by atoms with Crippen LogP contribution in [-0.4, -0.2) is 59.5 Å². The van der Waals surface area contributed by atoms with E-state index in [1.807, 2.05) is 56.6 Å². The molecule has 8 nitrogen and oxygen atoms in total. The van der Waals surface area contributed by atoms with Crippen molar-refractivity contribution in [3.63, 3.8) is 0 Å². The molecule has 0 atom stereocenters. The molecule has 180 valence electrons. The lowest BCUT2D eigenvalue weighted by molar-refractivity contribution is 0.0599. The van der Waals surface area contributed by atoms with E-state index in [-0.39, 0.29) is 24.7 Å². The molecule has 0 unspecified atom stereocenters. The summed E-state index contributed by atoms with van der Waals surface area (Å²) >= 11 is 0. The second-order valence-electron chi connectivity index (χ2n) is 8.63. The van der Waals surface area contributed by atoms with E-state index in [0.29, 0.717) is 18.7 Å². The highest BCUT2D eigenvalue weighted by atomic mass is 16.6. The Hall–Kier alpha value is -3.55. The summed E-state index contributed by atoms with van der Waals surface area (Å²) in [5, 5.41) is 5.45. The van der Waals surface area contributed by atoms with E-state index in [9.17, 15) is 9.59 Å². The normalized spacial score (nSPS) is 14.3. The zero-order valence-corrected chi connectivity index (χ0v) is 20.3. The van der Waals surface area contributed by atoms with Crippen LogP contribution in [0.3, 0.4) is 0 Å². The Labute approximate surface area is 200 Å². The molecule has 1 saturated heterocycles. The fourth-order valence-corrected chi connectivity index (χ4v) is 4.84. The standard InChI is InChI=1S/C26H32N4O4/c1-5-30(24-18(2)21(25(31)33-4)15-23-22(24)16-27-28(23)3)20-11-13-29(14-12-20)26(32)34-17-19-9-7-6-8-10-19/h6-10,15-16,20H,5,11-14,17H2,1-4H3. The van der Waals surface area contributed by atoms with Gasteiger partial charge in [-0.25, -0.2) is 9.59 Å². The monoisotopic (exact) mass is 464 g/mol. The molecule has 0 saturated carbocycles. The van der Waals surface area contributed by atoms with Gasteiger partial charge in [-0.05, 0) is 43.9 Å². The predicted molar refractivity (Wildman–Crippen MR) is 131 cm³/mol. The third-order valence-corrected chi connectivity index (χ3v) is 6.68. The molecule has 1 aliphatic heterocycles. The highest BCUT2D eigenvalue weighted by Crippen LogP contribution is 2.36. The number of ether oxygens (including phenoxy) is 2. The summed E-state index contributed by atoms with van der Waals surface area (Å²) in [5.41, 5.74) is 4.32. The maximum absolute atomic E-state index is 12.6. The maximum atomic E-state index is 12.6. The van der Waals surface area contributed by atoms with Crippen LogP contribution in [0.1, 0.15) is 41.3 Å². The van der Waals surface area contributed by atoms with Crippen LogP contribution in [0.2, 0.25) is 0 Å². The lowest BCUT2D eigenvalue weighted by atomic mass is 9.97. The zero-order valence-electron chi connectivity index (χ0n) is 20.3. The van der Waals surface area contributed by atoms with E-state index >= 15 is 0 Å². The van der Waals surface area contributed by atoms with Crippen molar-refractivity contribution in [1.82, 2.24) is 14.7 Å². The molecule has 0 aliphatic carbocycles. The minimum atomic E-state index is -0.353. The van der Waals surface area contributed by atoms with E-state index in [1.54, 1.807) is 9.58 Å². The van der Waals surface area contributed by atoms with Crippen LogP contribution in [0.5, 0.6) is 0 Å². The number of amides is 1. The van der Waals surface area contributed by atoms with Crippen molar-refractivity contribution in [2.45, 2.75) is 39.3 Å². The first-order valence-electron chi connectivity index (χ1n) is 11.7. The number of hydrogen-bond acceptors (Lipinski definition) is 6. The summed E-state index contributed by atoms with van der Waals surface area (Å²) in [6.45, 7) is 6.39. The molecule has 0 radical (unpaired) electrons. The zero-order chi connectivity index (χ0) is 24.2. The number of fused-ring (bicyclic) bond motifs is 1. The summed E-state index contributed by atoms with van der Waals surface area (Å²) in [7, 11) is 3.28. The fourth-order valence-electron chi connectivity index (χ4n) is 4.84. The van der Waals surface area contributed by atoms with E-state index in [1.165, 1.54) is 7.11 Å². The molecule has 1 aromatic heterocycles.